The fourth-order valence-corrected chi connectivity index (χ4v) is 1.62. The van der Waals surface area contributed by atoms with Crippen LogP contribution >= 0.6 is 0 Å². The summed E-state index contributed by atoms with van der Waals surface area (Å²) in [4.78, 5) is 11.0. The molecule has 0 aliphatic rings. The van der Waals surface area contributed by atoms with Gasteiger partial charge in [0.1, 0.15) is 12.4 Å². The van der Waals surface area contributed by atoms with Crippen molar-refractivity contribution >= 4 is 5.97 Å². The van der Waals surface area contributed by atoms with Crippen molar-refractivity contribution < 1.29 is 32.5 Å². The second kappa shape index (κ2) is 7.14. The van der Waals surface area contributed by atoms with Gasteiger partial charge >= 0.3 is 12.1 Å². The minimum atomic E-state index is -4.46. The monoisotopic (exact) mass is 292 g/mol. The molecular weight excluding hydrogens is 277 g/mol. The summed E-state index contributed by atoms with van der Waals surface area (Å²) in [6.45, 7) is -1.94. The molecule has 4 nitrogen and oxygen atoms in total. The highest BCUT2D eigenvalue weighted by Gasteiger charge is 2.29. The Hall–Kier alpha value is -1.76. The number of carboxylic acids is 1. The van der Waals surface area contributed by atoms with Crippen LogP contribution in [0.3, 0.4) is 0 Å². The van der Waals surface area contributed by atoms with Crippen LogP contribution in [0.15, 0.2) is 24.3 Å². The highest BCUT2D eigenvalue weighted by Crippen LogP contribution is 2.18. The Kier molecular flexibility index (Phi) is 5.82. The molecule has 1 aromatic rings. The molecule has 112 valence electrons. The summed E-state index contributed by atoms with van der Waals surface area (Å²) in [5.74, 6) is -1.68. The van der Waals surface area contributed by atoms with Crippen molar-refractivity contribution in [1.82, 2.24) is 0 Å². The van der Waals surface area contributed by atoms with Crippen LogP contribution in [0, 0.1) is 5.92 Å². The fourth-order valence-electron chi connectivity index (χ4n) is 1.62. The first kappa shape index (κ1) is 16.3. The zero-order chi connectivity index (χ0) is 15.2. The smallest absolute Gasteiger partial charge is 0.411 e. The number of alkyl halides is 3. The Morgan fingerprint density at radius 1 is 1.40 bits per heavy atom. The molecule has 0 aliphatic heterocycles. The highest BCUT2D eigenvalue weighted by molar-refractivity contribution is 5.70. The Morgan fingerprint density at radius 3 is 2.65 bits per heavy atom. The van der Waals surface area contributed by atoms with Crippen LogP contribution in [0.5, 0.6) is 5.75 Å². The Labute approximate surface area is 114 Å². The molecule has 1 N–H and O–H groups in total. The molecule has 0 aliphatic carbocycles. The lowest BCUT2D eigenvalue weighted by molar-refractivity contribution is -0.179. The van der Waals surface area contributed by atoms with Gasteiger partial charge in [-0.25, -0.2) is 0 Å². The van der Waals surface area contributed by atoms with E-state index in [0.29, 0.717) is 11.3 Å². The van der Waals surface area contributed by atoms with E-state index in [1.807, 2.05) is 0 Å². The number of carboxylic acid groups (broad SMARTS) is 1. The number of carbonyl (C=O) groups is 1. The molecule has 0 fully saturated rings. The van der Waals surface area contributed by atoms with Crippen molar-refractivity contribution in [3.05, 3.63) is 29.8 Å². The van der Waals surface area contributed by atoms with Gasteiger partial charge in [0.25, 0.3) is 0 Å². The zero-order valence-electron chi connectivity index (χ0n) is 10.8. The van der Waals surface area contributed by atoms with E-state index in [9.17, 15) is 18.0 Å². The number of benzene rings is 1. The maximum absolute atomic E-state index is 11.9. The van der Waals surface area contributed by atoms with Gasteiger partial charge in [-0.05, 0) is 24.1 Å². The predicted molar refractivity (Wildman–Crippen MR) is 64.7 cm³/mol. The van der Waals surface area contributed by atoms with Crippen molar-refractivity contribution in [1.29, 1.82) is 0 Å². The van der Waals surface area contributed by atoms with E-state index < -0.39 is 31.3 Å². The Balaban J connectivity index is 2.60. The van der Waals surface area contributed by atoms with E-state index in [1.54, 1.807) is 24.3 Å². The number of rotatable bonds is 7. The molecule has 0 aromatic heterocycles. The summed E-state index contributed by atoms with van der Waals surface area (Å²) in [5, 5.41) is 9.00. The third kappa shape index (κ3) is 5.92. The summed E-state index contributed by atoms with van der Waals surface area (Å²) < 4.78 is 45.2. The normalized spacial score (nSPS) is 13.0. The van der Waals surface area contributed by atoms with E-state index in [0.717, 1.165) is 0 Å². The van der Waals surface area contributed by atoms with Gasteiger partial charge in [-0.3, -0.25) is 4.79 Å². The van der Waals surface area contributed by atoms with Gasteiger partial charge in [0.05, 0.1) is 19.6 Å². The van der Waals surface area contributed by atoms with E-state index >= 15 is 0 Å². The topological polar surface area (TPSA) is 55.8 Å². The second-order valence-electron chi connectivity index (χ2n) is 4.22. The Morgan fingerprint density at radius 2 is 2.10 bits per heavy atom. The molecule has 0 bridgehead atoms. The minimum absolute atomic E-state index is 0.0738. The van der Waals surface area contributed by atoms with Gasteiger partial charge in [0.15, 0.2) is 0 Å². The van der Waals surface area contributed by atoms with Crippen LogP contribution in [0.4, 0.5) is 13.2 Å². The molecule has 1 aromatic carbocycles. The van der Waals surface area contributed by atoms with Crippen molar-refractivity contribution in [3.63, 3.8) is 0 Å². The van der Waals surface area contributed by atoms with Crippen molar-refractivity contribution in [3.8, 4) is 5.75 Å². The maximum Gasteiger partial charge on any atom is 0.411 e. The number of hydrogen-bond donors (Lipinski definition) is 1. The molecule has 1 rings (SSSR count). The zero-order valence-corrected chi connectivity index (χ0v) is 10.8. The minimum Gasteiger partial charge on any atom is -0.497 e. The van der Waals surface area contributed by atoms with Gasteiger partial charge in [0.2, 0.25) is 0 Å². The molecule has 0 amide bonds. The summed E-state index contributed by atoms with van der Waals surface area (Å²) in [7, 11) is 1.47. The fraction of sp³-hybridized carbons (Fsp3) is 0.462. The lowest BCUT2D eigenvalue weighted by atomic mass is 10.00. The molecule has 0 spiro atoms. The predicted octanol–water partition coefficient (Wildman–Crippen LogP) is 2.52. The Bertz CT molecular complexity index is 445. The summed E-state index contributed by atoms with van der Waals surface area (Å²) in [5.41, 5.74) is 0.660. The number of ether oxygens (including phenoxy) is 2. The lowest BCUT2D eigenvalue weighted by Crippen LogP contribution is -2.26. The van der Waals surface area contributed by atoms with Gasteiger partial charge in [0, 0.05) is 0 Å². The quantitative estimate of drug-likeness (QED) is 0.839. The molecule has 1 atom stereocenters. The van der Waals surface area contributed by atoms with E-state index in [-0.39, 0.29) is 6.42 Å². The third-order valence-electron chi connectivity index (χ3n) is 2.55. The molecular formula is C13H15F3O4. The molecule has 0 saturated heterocycles. The average Bonchev–Trinajstić information content (AvgIpc) is 2.36. The van der Waals surface area contributed by atoms with E-state index in [4.69, 9.17) is 9.84 Å². The van der Waals surface area contributed by atoms with Crippen LogP contribution in [0.2, 0.25) is 0 Å². The number of hydrogen-bond acceptors (Lipinski definition) is 3. The van der Waals surface area contributed by atoms with Crippen molar-refractivity contribution in [2.45, 2.75) is 12.6 Å². The van der Waals surface area contributed by atoms with Gasteiger partial charge in [-0.15, -0.1) is 0 Å². The molecule has 7 heteroatoms. The lowest BCUT2D eigenvalue weighted by Gasteiger charge is -2.14. The molecule has 0 radical (unpaired) electrons. The number of aliphatic carboxylic acids is 1. The average molecular weight is 292 g/mol. The van der Waals surface area contributed by atoms with Gasteiger partial charge in [-0.2, -0.15) is 13.2 Å². The standard InChI is InChI=1S/C13H15F3O4/c1-19-11-4-2-3-9(6-11)5-10(12(17)18)7-20-8-13(14,15)16/h2-4,6,10H,5,7-8H2,1H3,(H,17,18). The first-order valence-corrected chi connectivity index (χ1v) is 5.82. The van der Waals surface area contributed by atoms with Gasteiger partial charge in [-0.1, -0.05) is 12.1 Å². The molecule has 1 unspecified atom stereocenters. The largest absolute Gasteiger partial charge is 0.497 e. The van der Waals surface area contributed by atoms with E-state index in [2.05, 4.69) is 4.74 Å². The van der Waals surface area contributed by atoms with Crippen LogP contribution in [-0.2, 0) is 16.0 Å². The van der Waals surface area contributed by atoms with Gasteiger partial charge < -0.3 is 14.6 Å². The van der Waals surface area contributed by atoms with Crippen molar-refractivity contribution in [2.24, 2.45) is 5.92 Å². The highest BCUT2D eigenvalue weighted by atomic mass is 19.4. The summed E-state index contributed by atoms with van der Waals surface area (Å²) >= 11 is 0. The number of methoxy groups -OCH3 is 1. The summed E-state index contributed by atoms with van der Waals surface area (Å²) in [6, 6.07) is 6.70. The van der Waals surface area contributed by atoms with Crippen LogP contribution in [0.1, 0.15) is 5.56 Å². The molecule has 0 saturated carbocycles. The third-order valence-corrected chi connectivity index (χ3v) is 2.55. The second-order valence-corrected chi connectivity index (χ2v) is 4.22. The first-order valence-electron chi connectivity index (χ1n) is 5.82. The molecule has 20 heavy (non-hydrogen) atoms. The summed E-state index contributed by atoms with van der Waals surface area (Å²) in [6.07, 6.45) is -4.39. The maximum atomic E-state index is 11.9. The van der Waals surface area contributed by atoms with Crippen molar-refractivity contribution in [2.75, 3.05) is 20.3 Å². The molecule has 0 heterocycles. The first-order chi connectivity index (χ1) is 9.31. The number of halogens is 3. The van der Waals surface area contributed by atoms with Crippen LogP contribution in [0.25, 0.3) is 0 Å². The van der Waals surface area contributed by atoms with Crippen LogP contribution in [-0.4, -0.2) is 37.6 Å². The SMILES string of the molecule is COc1cccc(CC(COCC(F)(F)F)C(=O)O)c1. The van der Waals surface area contributed by atoms with Crippen LogP contribution < -0.4 is 4.74 Å². The van der Waals surface area contributed by atoms with E-state index in [1.165, 1.54) is 7.11 Å².